The molecule has 1 N–H and O–H groups in total. The van der Waals surface area contributed by atoms with Crippen LogP contribution in [0.3, 0.4) is 0 Å². The maximum atomic E-state index is 12.3. The highest BCUT2D eigenvalue weighted by atomic mass is 16.2. The van der Waals surface area contributed by atoms with Crippen LogP contribution in [-0.4, -0.2) is 36.3 Å². The largest absolute Gasteiger partial charge is 0.372 e. The van der Waals surface area contributed by atoms with Gasteiger partial charge < -0.3 is 15.1 Å². The average molecular weight is 380 g/mol. The Kier molecular flexibility index (Phi) is 6.69. The first-order valence-corrected chi connectivity index (χ1v) is 9.97. The molecule has 28 heavy (non-hydrogen) atoms. The third-order valence-corrected chi connectivity index (χ3v) is 5.13. The molecule has 2 aromatic carbocycles. The van der Waals surface area contributed by atoms with Crippen LogP contribution < -0.4 is 10.2 Å². The van der Waals surface area contributed by atoms with Gasteiger partial charge in [-0.05, 0) is 49.6 Å². The van der Waals surface area contributed by atoms with Crippen LogP contribution in [0, 0.1) is 6.92 Å². The highest BCUT2D eigenvalue weighted by Gasteiger charge is 2.14. The van der Waals surface area contributed by atoms with Crippen molar-refractivity contribution in [1.82, 2.24) is 4.90 Å². The minimum atomic E-state index is -0.0792. The third-order valence-electron chi connectivity index (χ3n) is 5.13. The number of carbonyl (C=O) groups is 2. The van der Waals surface area contributed by atoms with Gasteiger partial charge in [-0.25, -0.2) is 0 Å². The van der Waals surface area contributed by atoms with E-state index >= 15 is 0 Å². The van der Waals surface area contributed by atoms with Crippen molar-refractivity contribution in [1.29, 1.82) is 0 Å². The predicted octanol–water partition coefficient (Wildman–Crippen LogP) is 3.97. The molecule has 1 aliphatic heterocycles. The number of aryl methyl sites for hydroxylation is 1. The summed E-state index contributed by atoms with van der Waals surface area (Å²) in [6.07, 6.45) is 2.76. The fraction of sp³-hybridized carbons (Fsp3) is 0.391. The SMILES string of the molecule is CC(=O)N(CCC(=O)Nc1ccc(N2CCCC2)cc1)Cc1cccc(C)c1. The van der Waals surface area contributed by atoms with E-state index in [2.05, 4.69) is 28.4 Å². The van der Waals surface area contributed by atoms with Gasteiger partial charge in [-0.2, -0.15) is 0 Å². The quantitative estimate of drug-likeness (QED) is 0.792. The van der Waals surface area contributed by atoms with Crippen LogP contribution in [0.4, 0.5) is 11.4 Å². The first-order chi connectivity index (χ1) is 13.5. The van der Waals surface area contributed by atoms with Gasteiger partial charge in [0.15, 0.2) is 0 Å². The molecule has 2 aromatic rings. The van der Waals surface area contributed by atoms with Crippen molar-refractivity contribution < 1.29 is 9.59 Å². The molecule has 2 amide bonds. The summed E-state index contributed by atoms with van der Waals surface area (Å²) in [4.78, 5) is 28.4. The van der Waals surface area contributed by atoms with Crippen LogP contribution in [-0.2, 0) is 16.1 Å². The predicted molar refractivity (Wildman–Crippen MR) is 113 cm³/mol. The summed E-state index contributed by atoms with van der Waals surface area (Å²) < 4.78 is 0. The van der Waals surface area contributed by atoms with Crippen molar-refractivity contribution in [2.45, 2.75) is 39.7 Å². The van der Waals surface area contributed by atoms with Gasteiger partial charge in [-0.15, -0.1) is 0 Å². The van der Waals surface area contributed by atoms with Gasteiger partial charge in [0.05, 0.1) is 0 Å². The Bertz CT molecular complexity index is 811. The summed E-state index contributed by atoms with van der Waals surface area (Å²) in [6, 6.07) is 16.1. The fourth-order valence-corrected chi connectivity index (χ4v) is 3.57. The van der Waals surface area contributed by atoms with E-state index in [0.717, 1.165) is 29.9 Å². The Morgan fingerprint density at radius 2 is 1.79 bits per heavy atom. The Morgan fingerprint density at radius 3 is 2.43 bits per heavy atom. The van der Waals surface area contributed by atoms with E-state index in [1.807, 2.05) is 37.3 Å². The standard InChI is InChI=1S/C23H29N3O2/c1-18-6-5-7-20(16-18)17-26(19(2)27)15-12-23(28)24-21-8-10-22(11-9-21)25-13-3-4-14-25/h5-11,16H,3-4,12-15,17H2,1-2H3,(H,24,28). The molecule has 0 atom stereocenters. The molecule has 1 aliphatic rings. The normalized spacial score (nSPS) is 13.4. The van der Waals surface area contributed by atoms with Crippen molar-refractivity contribution in [2.24, 2.45) is 0 Å². The molecule has 1 saturated heterocycles. The Morgan fingerprint density at radius 1 is 1.07 bits per heavy atom. The van der Waals surface area contributed by atoms with E-state index in [0.29, 0.717) is 13.1 Å². The second-order valence-electron chi connectivity index (χ2n) is 7.47. The third kappa shape index (κ3) is 5.59. The second-order valence-corrected chi connectivity index (χ2v) is 7.47. The Hall–Kier alpha value is -2.82. The number of hydrogen-bond acceptors (Lipinski definition) is 3. The molecular weight excluding hydrogens is 350 g/mol. The molecule has 148 valence electrons. The summed E-state index contributed by atoms with van der Waals surface area (Å²) in [5.41, 5.74) is 4.24. The number of nitrogens with one attached hydrogen (secondary N) is 1. The van der Waals surface area contributed by atoms with Crippen LogP contribution in [0.2, 0.25) is 0 Å². The lowest BCUT2D eigenvalue weighted by molar-refractivity contribution is -0.129. The summed E-state index contributed by atoms with van der Waals surface area (Å²) in [6.45, 7) is 6.71. The van der Waals surface area contributed by atoms with E-state index in [1.165, 1.54) is 18.5 Å². The Balaban J connectivity index is 1.50. The highest BCUT2D eigenvalue weighted by molar-refractivity contribution is 5.91. The summed E-state index contributed by atoms with van der Waals surface area (Å²) in [7, 11) is 0. The van der Waals surface area contributed by atoms with Crippen LogP contribution in [0.1, 0.15) is 37.3 Å². The Labute approximate surface area is 167 Å². The van der Waals surface area contributed by atoms with Gasteiger partial charge >= 0.3 is 0 Å². The topological polar surface area (TPSA) is 52.7 Å². The smallest absolute Gasteiger partial charge is 0.226 e. The first kappa shape index (κ1) is 19.9. The number of hydrogen-bond donors (Lipinski definition) is 1. The number of carbonyl (C=O) groups excluding carboxylic acids is 2. The van der Waals surface area contributed by atoms with Gasteiger partial charge in [-0.3, -0.25) is 9.59 Å². The molecule has 0 bridgehead atoms. The summed E-state index contributed by atoms with van der Waals surface area (Å²) >= 11 is 0. The number of anilines is 2. The molecule has 0 spiro atoms. The molecule has 0 radical (unpaired) electrons. The average Bonchev–Trinajstić information content (AvgIpc) is 3.20. The molecule has 5 heteroatoms. The lowest BCUT2D eigenvalue weighted by atomic mass is 10.1. The van der Waals surface area contributed by atoms with Crippen molar-refractivity contribution in [3.05, 3.63) is 59.7 Å². The molecule has 0 saturated carbocycles. The zero-order valence-corrected chi connectivity index (χ0v) is 16.8. The second kappa shape index (κ2) is 9.40. The zero-order chi connectivity index (χ0) is 19.9. The lowest BCUT2D eigenvalue weighted by Crippen LogP contribution is -2.31. The molecule has 5 nitrogen and oxygen atoms in total. The van der Waals surface area contributed by atoms with E-state index in [1.54, 1.807) is 11.8 Å². The van der Waals surface area contributed by atoms with E-state index < -0.39 is 0 Å². The minimum absolute atomic E-state index is 0.0238. The molecule has 0 aliphatic carbocycles. The number of amides is 2. The van der Waals surface area contributed by atoms with Crippen LogP contribution in [0.25, 0.3) is 0 Å². The molecule has 1 fully saturated rings. The molecule has 0 aromatic heterocycles. The molecule has 0 unspecified atom stereocenters. The minimum Gasteiger partial charge on any atom is -0.372 e. The van der Waals surface area contributed by atoms with Gasteiger partial charge in [0.25, 0.3) is 0 Å². The molecular formula is C23H29N3O2. The maximum Gasteiger partial charge on any atom is 0.226 e. The van der Waals surface area contributed by atoms with E-state index in [4.69, 9.17) is 0 Å². The number of benzene rings is 2. The van der Waals surface area contributed by atoms with Crippen molar-refractivity contribution in [3.8, 4) is 0 Å². The van der Waals surface area contributed by atoms with Gasteiger partial charge in [0, 0.05) is 50.9 Å². The number of rotatable bonds is 7. The van der Waals surface area contributed by atoms with Crippen LogP contribution >= 0.6 is 0 Å². The van der Waals surface area contributed by atoms with Gasteiger partial charge in [0.2, 0.25) is 11.8 Å². The first-order valence-electron chi connectivity index (χ1n) is 9.97. The highest BCUT2D eigenvalue weighted by Crippen LogP contribution is 2.22. The van der Waals surface area contributed by atoms with Crippen LogP contribution in [0.5, 0.6) is 0 Å². The van der Waals surface area contributed by atoms with Crippen molar-refractivity contribution in [2.75, 3.05) is 29.9 Å². The van der Waals surface area contributed by atoms with Crippen molar-refractivity contribution >= 4 is 23.2 Å². The monoisotopic (exact) mass is 379 g/mol. The summed E-state index contributed by atoms with van der Waals surface area (Å²) in [5, 5.41) is 2.93. The zero-order valence-electron chi connectivity index (χ0n) is 16.8. The lowest BCUT2D eigenvalue weighted by Gasteiger charge is -2.21. The molecule has 1 heterocycles. The summed E-state index contributed by atoms with van der Waals surface area (Å²) in [5.74, 6) is -0.103. The van der Waals surface area contributed by atoms with E-state index in [9.17, 15) is 9.59 Å². The number of nitrogens with zero attached hydrogens (tertiary/aromatic N) is 2. The van der Waals surface area contributed by atoms with E-state index in [-0.39, 0.29) is 18.2 Å². The van der Waals surface area contributed by atoms with Crippen molar-refractivity contribution in [3.63, 3.8) is 0 Å². The van der Waals surface area contributed by atoms with Crippen LogP contribution in [0.15, 0.2) is 48.5 Å². The van der Waals surface area contributed by atoms with Gasteiger partial charge in [0.1, 0.15) is 0 Å². The fourth-order valence-electron chi connectivity index (χ4n) is 3.57. The maximum absolute atomic E-state index is 12.3. The van der Waals surface area contributed by atoms with Gasteiger partial charge in [-0.1, -0.05) is 29.8 Å². The molecule has 3 rings (SSSR count).